The number of nitrogens with zero attached hydrogens (tertiary/aromatic N) is 2. The summed E-state index contributed by atoms with van der Waals surface area (Å²) in [6.45, 7) is 1.81. The molecule has 4 nitrogen and oxygen atoms in total. The van der Waals surface area contributed by atoms with Crippen LogP contribution in [0.25, 0.3) is 0 Å². The van der Waals surface area contributed by atoms with Crippen LogP contribution >= 0.6 is 11.3 Å². The van der Waals surface area contributed by atoms with Gasteiger partial charge in [-0.2, -0.15) is 0 Å². The van der Waals surface area contributed by atoms with Crippen LogP contribution in [0.1, 0.15) is 10.6 Å². The number of hydrogen-bond acceptors (Lipinski definition) is 5. The zero-order chi connectivity index (χ0) is 8.39. The molecule has 0 amide bonds. The molecule has 0 saturated heterocycles. The third-order valence-corrected chi connectivity index (χ3v) is 2.72. The molecule has 2 rings (SSSR count). The van der Waals surface area contributed by atoms with Crippen LogP contribution in [-0.4, -0.2) is 17.6 Å². The first-order chi connectivity index (χ1) is 5.90. The summed E-state index contributed by atoms with van der Waals surface area (Å²) in [5, 5.41) is 3.75. The minimum Gasteiger partial charge on any atom is -0.311 e. The van der Waals surface area contributed by atoms with Crippen molar-refractivity contribution in [2.75, 3.05) is 6.54 Å². The topological polar surface area (TPSA) is 54.4 Å². The summed E-state index contributed by atoms with van der Waals surface area (Å²) < 4.78 is 0. The van der Waals surface area contributed by atoms with Crippen molar-refractivity contribution in [3.8, 4) is 0 Å². The van der Waals surface area contributed by atoms with Gasteiger partial charge in [0, 0.05) is 24.4 Å². The average Bonchev–Trinajstić information content (AvgIpc) is 2.47. The minimum atomic E-state index is 0.527. The molecule has 62 valence electrons. The van der Waals surface area contributed by atoms with Gasteiger partial charge in [-0.15, -0.1) is 4.99 Å². The Balaban J connectivity index is 2.37. The standard InChI is InChI=1S/C7H7N3OS/c11-4-9-7-10-5-1-2-8-3-6(5)12-7/h8H,1-3H2. The molecule has 0 atom stereocenters. The van der Waals surface area contributed by atoms with E-state index >= 15 is 0 Å². The summed E-state index contributed by atoms with van der Waals surface area (Å²) in [6.07, 6.45) is 2.43. The molecule has 0 radical (unpaired) electrons. The van der Waals surface area contributed by atoms with Gasteiger partial charge in [-0.25, -0.2) is 9.78 Å². The number of carbonyl (C=O) groups excluding carboxylic acids is 1. The Bertz CT molecular complexity index is 317. The summed E-state index contributed by atoms with van der Waals surface area (Å²) in [4.78, 5) is 18.8. The van der Waals surface area contributed by atoms with Crippen molar-refractivity contribution < 1.29 is 4.79 Å². The molecule has 12 heavy (non-hydrogen) atoms. The van der Waals surface area contributed by atoms with E-state index in [2.05, 4.69) is 15.3 Å². The van der Waals surface area contributed by atoms with Crippen molar-refractivity contribution in [2.45, 2.75) is 13.0 Å². The highest BCUT2D eigenvalue weighted by molar-refractivity contribution is 7.15. The van der Waals surface area contributed by atoms with Crippen molar-refractivity contribution >= 4 is 22.5 Å². The maximum atomic E-state index is 9.95. The number of isocyanates is 1. The van der Waals surface area contributed by atoms with Gasteiger partial charge < -0.3 is 5.32 Å². The van der Waals surface area contributed by atoms with Crippen LogP contribution in [0.5, 0.6) is 0 Å². The summed E-state index contributed by atoms with van der Waals surface area (Å²) in [5.74, 6) is 0. The normalized spacial score (nSPS) is 15.0. The van der Waals surface area contributed by atoms with Crippen molar-refractivity contribution in [1.82, 2.24) is 10.3 Å². The SMILES string of the molecule is O=C=Nc1nc2c(s1)CNCC2. The molecule has 1 aliphatic rings. The van der Waals surface area contributed by atoms with E-state index in [-0.39, 0.29) is 0 Å². The monoisotopic (exact) mass is 181 g/mol. The zero-order valence-electron chi connectivity index (χ0n) is 6.33. The molecule has 0 saturated carbocycles. The van der Waals surface area contributed by atoms with Crippen LogP contribution in [-0.2, 0) is 17.8 Å². The number of aromatic nitrogens is 1. The molecule has 0 spiro atoms. The van der Waals surface area contributed by atoms with E-state index in [0.29, 0.717) is 5.13 Å². The fourth-order valence-corrected chi connectivity index (χ4v) is 2.10. The number of nitrogens with one attached hydrogen (secondary N) is 1. The zero-order valence-corrected chi connectivity index (χ0v) is 7.15. The summed E-state index contributed by atoms with van der Waals surface area (Å²) in [5.41, 5.74) is 1.08. The Morgan fingerprint density at radius 1 is 1.67 bits per heavy atom. The minimum absolute atomic E-state index is 0.527. The molecular formula is C7H7N3OS. The van der Waals surface area contributed by atoms with Gasteiger partial charge in [0.25, 0.3) is 0 Å². The second kappa shape index (κ2) is 3.15. The van der Waals surface area contributed by atoms with Crippen LogP contribution in [0, 0.1) is 0 Å². The third-order valence-electron chi connectivity index (χ3n) is 1.73. The predicted octanol–water partition coefficient (Wildman–Crippen LogP) is 0.756. The van der Waals surface area contributed by atoms with Gasteiger partial charge in [0.2, 0.25) is 11.2 Å². The summed E-state index contributed by atoms with van der Waals surface area (Å²) >= 11 is 1.46. The lowest BCUT2D eigenvalue weighted by atomic mass is 10.2. The second-order valence-electron chi connectivity index (χ2n) is 2.50. The van der Waals surface area contributed by atoms with E-state index in [1.807, 2.05) is 0 Å². The molecule has 1 aromatic heterocycles. The average molecular weight is 181 g/mol. The van der Waals surface area contributed by atoms with Crippen molar-refractivity contribution in [3.05, 3.63) is 10.6 Å². The fraction of sp³-hybridized carbons (Fsp3) is 0.429. The smallest absolute Gasteiger partial charge is 0.242 e. The van der Waals surface area contributed by atoms with E-state index < -0.39 is 0 Å². The molecule has 0 bridgehead atoms. The number of aliphatic imine (C=N–C) groups is 1. The largest absolute Gasteiger partial charge is 0.311 e. The quantitative estimate of drug-likeness (QED) is 0.514. The third kappa shape index (κ3) is 1.30. The number of thiazole rings is 1. The van der Waals surface area contributed by atoms with Gasteiger partial charge in [0.15, 0.2) is 0 Å². The molecule has 1 aromatic rings. The molecular weight excluding hydrogens is 174 g/mol. The Hall–Kier alpha value is -1.03. The van der Waals surface area contributed by atoms with Gasteiger partial charge in [-0.3, -0.25) is 0 Å². The number of fused-ring (bicyclic) bond motifs is 1. The van der Waals surface area contributed by atoms with Gasteiger partial charge >= 0.3 is 0 Å². The van der Waals surface area contributed by atoms with E-state index in [1.54, 1.807) is 0 Å². The maximum Gasteiger partial charge on any atom is 0.242 e. The lowest BCUT2D eigenvalue weighted by Crippen LogP contribution is -2.22. The molecule has 1 N–H and O–H groups in total. The van der Waals surface area contributed by atoms with Crippen molar-refractivity contribution in [1.29, 1.82) is 0 Å². The Morgan fingerprint density at radius 2 is 2.58 bits per heavy atom. The maximum absolute atomic E-state index is 9.95. The van der Waals surface area contributed by atoms with Gasteiger partial charge in [-0.1, -0.05) is 11.3 Å². The molecule has 1 aliphatic heterocycles. The molecule has 2 heterocycles. The summed E-state index contributed by atoms with van der Waals surface area (Å²) in [7, 11) is 0. The van der Waals surface area contributed by atoms with E-state index in [1.165, 1.54) is 22.3 Å². The van der Waals surface area contributed by atoms with Gasteiger partial charge in [0.1, 0.15) is 0 Å². The van der Waals surface area contributed by atoms with E-state index in [9.17, 15) is 4.79 Å². The molecule has 0 aliphatic carbocycles. The summed E-state index contributed by atoms with van der Waals surface area (Å²) in [6, 6.07) is 0. The molecule has 0 fully saturated rings. The Labute approximate surface area is 73.4 Å². The fourth-order valence-electron chi connectivity index (χ4n) is 1.20. The highest BCUT2D eigenvalue weighted by Crippen LogP contribution is 2.26. The predicted molar refractivity (Wildman–Crippen MR) is 45.3 cm³/mol. The first-order valence-corrected chi connectivity index (χ1v) is 4.49. The van der Waals surface area contributed by atoms with E-state index in [4.69, 9.17) is 0 Å². The van der Waals surface area contributed by atoms with Crippen LogP contribution in [0.15, 0.2) is 4.99 Å². The molecule has 0 aromatic carbocycles. The highest BCUT2D eigenvalue weighted by Gasteiger charge is 2.13. The van der Waals surface area contributed by atoms with Crippen LogP contribution in [0.4, 0.5) is 5.13 Å². The van der Waals surface area contributed by atoms with Crippen molar-refractivity contribution in [2.24, 2.45) is 4.99 Å². The Kier molecular flexibility index (Phi) is 1.99. The first-order valence-electron chi connectivity index (χ1n) is 3.67. The number of hydrogen-bond donors (Lipinski definition) is 1. The number of rotatable bonds is 1. The van der Waals surface area contributed by atoms with E-state index in [0.717, 1.165) is 25.2 Å². The Morgan fingerprint density at radius 3 is 3.33 bits per heavy atom. The van der Waals surface area contributed by atoms with Gasteiger partial charge in [-0.05, 0) is 0 Å². The van der Waals surface area contributed by atoms with Crippen molar-refractivity contribution in [3.63, 3.8) is 0 Å². The lowest BCUT2D eigenvalue weighted by molar-refractivity contribution is 0.565. The van der Waals surface area contributed by atoms with Gasteiger partial charge in [0.05, 0.1) is 5.69 Å². The first kappa shape index (κ1) is 7.61. The highest BCUT2D eigenvalue weighted by atomic mass is 32.1. The molecule has 0 unspecified atom stereocenters. The van der Waals surface area contributed by atoms with Crippen LogP contribution in [0.2, 0.25) is 0 Å². The van der Waals surface area contributed by atoms with Crippen LogP contribution in [0.3, 0.4) is 0 Å². The second-order valence-corrected chi connectivity index (χ2v) is 3.56. The molecule has 5 heteroatoms. The van der Waals surface area contributed by atoms with Crippen LogP contribution < -0.4 is 5.32 Å². The lowest BCUT2D eigenvalue weighted by Gasteiger charge is -2.09.